The molecular formula is C15H13NO3. The zero-order valence-corrected chi connectivity index (χ0v) is 10.3. The molecule has 96 valence electrons. The topological polar surface area (TPSA) is 59.4 Å². The van der Waals surface area contributed by atoms with Crippen molar-refractivity contribution in [2.45, 2.75) is 12.8 Å². The molecule has 0 unspecified atom stereocenters. The fourth-order valence-corrected chi connectivity index (χ4v) is 2.39. The predicted octanol–water partition coefficient (Wildman–Crippen LogP) is 2.77. The van der Waals surface area contributed by atoms with Crippen molar-refractivity contribution in [3.05, 3.63) is 47.8 Å². The molecule has 1 aliphatic rings. The molecule has 1 aromatic carbocycles. The van der Waals surface area contributed by atoms with E-state index in [-0.39, 0.29) is 5.69 Å². The van der Waals surface area contributed by atoms with Crippen LogP contribution in [0.25, 0.3) is 11.1 Å². The highest BCUT2D eigenvalue weighted by atomic mass is 16.5. The Hall–Kier alpha value is -2.36. The normalized spacial score (nSPS) is 13.5. The molecule has 0 radical (unpaired) electrons. The zero-order valence-electron chi connectivity index (χ0n) is 10.3. The molecule has 0 saturated carbocycles. The molecule has 1 aromatic heterocycles. The number of nitrogens with zero attached hydrogens (tertiary/aromatic N) is 1. The summed E-state index contributed by atoms with van der Waals surface area (Å²) in [6.45, 7) is 0.673. The van der Waals surface area contributed by atoms with E-state index in [0.29, 0.717) is 12.2 Å². The fraction of sp³-hybridized carbons (Fsp3) is 0.200. The zero-order chi connectivity index (χ0) is 13.2. The Morgan fingerprint density at radius 2 is 2.05 bits per heavy atom. The van der Waals surface area contributed by atoms with Gasteiger partial charge in [0.1, 0.15) is 5.75 Å². The van der Waals surface area contributed by atoms with Crippen LogP contribution in [0.15, 0.2) is 36.5 Å². The van der Waals surface area contributed by atoms with Crippen molar-refractivity contribution >= 4 is 5.97 Å². The second-order valence-electron chi connectivity index (χ2n) is 4.45. The number of carbonyl (C=O) groups is 1. The number of aromatic carboxylic acids is 1. The van der Waals surface area contributed by atoms with Crippen LogP contribution in [-0.2, 0) is 6.42 Å². The van der Waals surface area contributed by atoms with E-state index < -0.39 is 5.97 Å². The van der Waals surface area contributed by atoms with E-state index in [2.05, 4.69) is 4.98 Å². The summed E-state index contributed by atoms with van der Waals surface area (Å²) in [7, 11) is 0. The third-order valence-electron chi connectivity index (χ3n) is 3.23. The van der Waals surface area contributed by atoms with Crippen LogP contribution in [0.2, 0.25) is 0 Å². The molecule has 0 atom stereocenters. The summed E-state index contributed by atoms with van der Waals surface area (Å²) < 4.78 is 5.72. The van der Waals surface area contributed by atoms with Crippen LogP contribution < -0.4 is 4.74 Å². The SMILES string of the molecule is O=C(O)c1ncccc1-c1cccc2c1OCCC2. The average molecular weight is 255 g/mol. The third kappa shape index (κ3) is 2.05. The third-order valence-corrected chi connectivity index (χ3v) is 3.23. The highest BCUT2D eigenvalue weighted by Gasteiger charge is 2.20. The molecule has 0 aliphatic carbocycles. The first-order valence-electron chi connectivity index (χ1n) is 6.21. The molecule has 0 bridgehead atoms. The number of hydrogen-bond acceptors (Lipinski definition) is 3. The van der Waals surface area contributed by atoms with Crippen molar-refractivity contribution in [3.8, 4) is 16.9 Å². The van der Waals surface area contributed by atoms with Gasteiger partial charge in [0.15, 0.2) is 5.69 Å². The van der Waals surface area contributed by atoms with Gasteiger partial charge in [-0.25, -0.2) is 9.78 Å². The van der Waals surface area contributed by atoms with Gasteiger partial charge in [-0.05, 0) is 24.5 Å². The van der Waals surface area contributed by atoms with Crippen LogP contribution in [0.3, 0.4) is 0 Å². The Bertz CT molecular complexity index is 637. The summed E-state index contributed by atoms with van der Waals surface area (Å²) in [5.41, 5.74) is 2.60. The van der Waals surface area contributed by atoms with Crippen LogP contribution in [-0.4, -0.2) is 22.7 Å². The van der Waals surface area contributed by atoms with E-state index in [1.807, 2.05) is 18.2 Å². The van der Waals surface area contributed by atoms with Crippen molar-refractivity contribution in [1.82, 2.24) is 4.98 Å². The molecule has 0 spiro atoms. The highest BCUT2D eigenvalue weighted by molar-refractivity contribution is 5.95. The van der Waals surface area contributed by atoms with Crippen molar-refractivity contribution in [2.75, 3.05) is 6.61 Å². The number of ether oxygens (including phenoxy) is 1. The summed E-state index contributed by atoms with van der Waals surface area (Å²) in [6, 6.07) is 9.35. The molecule has 3 rings (SSSR count). The summed E-state index contributed by atoms with van der Waals surface area (Å²) in [5, 5.41) is 9.23. The molecule has 2 heterocycles. The van der Waals surface area contributed by atoms with Gasteiger partial charge in [-0.2, -0.15) is 0 Å². The molecule has 19 heavy (non-hydrogen) atoms. The fourth-order valence-electron chi connectivity index (χ4n) is 2.39. The number of para-hydroxylation sites is 1. The van der Waals surface area contributed by atoms with Gasteiger partial charge >= 0.3 is 5.97 Å². The van der Waals surface area contributed by atoms with Crippen molar-refractivity contribution in [3.63, 3.8) is 0 Å². The van der Waals surface area contributed by atoms with Crippen LogP contribution in [0, 0.1) is 0 Å². The van der Waals surface area contributed by atoms with E-state index in [0.717, 1.165) is 29.7 Å². The second-order valence-corrected chi connectivity index (χ2v) is 4.45. The second kappa shape index (κ2) is 4.72. The van der Waals surface area contributed by atoms with Gasteiger partial charge < -0.3 is 9.84 Å². The van der Waals surface area contributed by atoms with Gasteiger partial charge in [0.25, 0.3) is 0 Å². The van der Waals surface area contributed by atoms with Crippen LogP contribution in [0.4, 0.5) is 0 Å². The van der Waals surface area contributed by atoms with E-state index in [4.69, 9.17) is 4.74 Å². The van der Waals surface area contributed by atoms with Crippen LogP contribution in [0.1, 0.15) is 22.5 Å². The monoisotopic (exact) mass is 255 g/mol. The summed E-state index contributed by atoms with van der Waals surface area (Å²) >= 11 is 0. The van der Waals surface area contributed by atoms with Crippen molar-refractivity contribution in [2.24, 2.45) is 0 Å². The van der Waals surface area contributed by atoms with E-state index in [1.54, 1.807) is 12.1 Å². The first-order chi connectivity index (χ1) is 9.27. The number of aromatic nitrogens is 1. The van der Waals surface area contributed by atoms with E-state index in [1.165, 1.54) is 6.20 Å². The minimum Gasteiger partial charge on any atom is -0.493 e. The standard InChI is InChI=1S/C15H13NO3/c17-15(18)13-11(7-2-8-16-13)12-6-1-4-10-5-3-9-19-14(10)12/h1-2,4,6-8H,3,5,9H2,(H,17,18). The number of carboxylic acid groups (broad SMARTS) is 1. The van der Waals surface area contributed by atoms with Gasteiger partial charge in [0, 0.05) is 17.3 Å². The summed E-state index contributed by atoms with van der Waals surface area (Å²) in [6.07, 6.45) is 3.45. The molecule has 4 heteroatoms. The van der Waals surface area contributed by atoms with Crippen LogP contribution >= 0.6 is 0 Å². The number of fused-ring (bicyclic) bond motifs is 1. The quantitative estimate of drug-likeness (QED) is 0.896. The molecule has 2 aromatic rings. The smallest absolute Gasteiger partial charge is 0.355 e. The number of carboxylic acids is 1. The number of aryl methyl sites for hydroxylation is 1. The molecule has 0 fully saturated rings. The van der Waals surface area contributed by atoms with Crippen molar-refractivity contribution < 1.29 is 14.6 Å². The summed E-state index contributed by atoms with van der Waals surface area (Å²) in [5.74, 6) is -0.228. The van der Waals surface area contributed by atoms with Gasteiger partial charge in [-0.1, -0.05) is 24.3 Å². The van der Waals surface area contributed by atoms with E-state index >= 15 is 0 Å². The molecular weight excluding hydrogens is 242 g/mol. The predicted molar refractivity (Wildman–Crippen MR) is 70.4 cm³/mol. The number of pyridine rings is 1. The Labute approximate surface area is 110 Å². The van der Waals surface area contributed by atoms with E-state index in [9.17, 15) is 9.90 Å². The first-order valence-corrected chi connectivity index (χ1v) is 6.21. The average Bonchev–Trinajstić information content (AvgIpc) is 2.46. The largest absolute Gasteiger partial charge is 0.493 e. The molecule has 4 nitrogen and oxygen atoms in total. The first kappa shape index (κ1) is 11.7. The van der Waals surface area contributed by atoms with Gasteiger partial charge in [0.2, 0.25) is 0 Å². The lowest BCUT2D eigenvalue weighted by molar-refractivity contribution is 0.0691. The Morgan fingerprint density at radius 3 is 2.89 bits per heavy atom. The summed E-state index contributed by atoms with van der Waals surface area (Å²) in [4.78, 5) is 15.2. The maximum absolute atomic E-state index is 11.3. The lowest BCUT2D eigenvalue weighted by Crippen LogP contribution is -2.10. The molecule has 0 amide bonds. The van der Waals surface area contributed by atoms with Gasteiger partial charge in [-0.3, -0.25) is 0 Å². The van der Waals surface area contributed by atoms with Crippen molar-refractivity contribution in [1.29, 1.82) is 0 Å². The molecule has 1 aliphatic heterocycles. The van der Waals surface area contributed by atoms with Gasteiger partial charge in [0.05, 0.1) is 6.61 Å². The number of rotatable bonds is 2. The minimum atomic E-state index is -1.02. The van der Waals surface area contributed by atoms with Crippen LogP contribution in [0.5, 0.6) is 5.75 Å². The minimum absolute atomic E-state index is 0.0603. The Kier molecular flexibility index (Phi) is 2.91. The lowest BCUT2D eigenvalue weighted by Gasteiger charge is -2.20. The Balaban J connectivity index is 2.20. The van der Waals surface area contributed by atoms with Gasteiger partial charge in [-0.15, -0.1) is 0 Å². The maximum atomic E-state index is 11.3. The Morgan fingerprint density at radius 1 is 1.21 bits per heavy atom. The highest BCUT2D eigenvalue weighted by Crippen LogP contribution is 2.37. The number of hydrogen-bond donors (Lipinski definition) is 1. The maximum Gasteiger partial charge on any atom is 0.355 e. The number of benzene rings is 1. The lowest BCUT2D eigenvalue weighted by atomic mass is 9.97. The molecule has 0 saturated heterocycles. The molecule has 1 N–H and O–H groups in total.